The van der Waals surface area contributed by atoms with Crippen molar-refractivity contribution in [3.05, 3.63) is 88.8 Å². The molecule has 0 aliphatic carbocycles. The molecule has 2 aromatic heterocycles. The Kier molecular flexibility index (Phi) is 7.86. The molecule has 1 aliphatic heterocycles. The van der Waals surface area contributed by atoms with Crippen LogP contribution in [0.3, 0.4) is 0 Å². The Balaban J connectivity index is 1.40. The van der Waals surface area contributed by atoms with Gasteiger partial charge in [0.15, 0.2) is 0 Å². The fourth-order valence-corrected chi connectivity index (χ4v) is 4.42. The second-order valence-corrected chi connectivity index (χ2v) is 9.55. The van der Waals surface area contributed by atoms with Crippen LogP contribution in [0.25, 0.3) is 11.7 Å². The van der Waals surface area contributed by atoms with Crippen LogP contribution in [0.5, 0.6) is 0 Å². The number of halogens is 7. The van der Waals surface area contributed by atoms with Gasteiger partial charge < -0.3 is 14.6 Å². The van der Waals surface area contributed by atoms with Crippen LogP contribution in [0.2, 0.25) is 0 Å². The lowest BCUT2D eigenvalue weighted by atomic mass is 10.00. The first kappa shape index (κ1) is 29.6. The average molecular weight is 608 g/mol. The lowest BCUT2D eigenvalue weighted by Gasteiger charge is -2.23. The van der Waals surface area contributed by atoms with Gasteiger partial charge >= 0.3 is 12.4 Å². The molecule has 0 bridgehead atoms. The van der Waals surface area contributed by atoms with Gasteiger partial charge in [0.25, 0.3) is 5.89 Å². The van der Waals surface area contributed by atoms with E-state index in [1.807, 2.05) is 0 Å². The molecular formula is C27H19F7N6O3. The molecular weight excluding hydrogens is 589 g/mol. The zero-order valence-corrected chi connectivity index (χ0v) is 21.7. The number of carbonyl (C=O) groups excluding carboxylic acids is 2. The van der Waals surface area contributed by atoms with Gasteiger partial charge in [-0.05, 0) is 47.5 Å². The Bertz CT molecular complexity index is 1640. The highest BCUT2D eigenvalue weighted by atomic mass is 19.4. The zero-order chi connectivity index (χ0) is 30.9. The summed E-state index contributed by atoms with van der Waals surface area (Å²) < 4.78 is 99.4. The number of benzene rings is 2. The Morgan fingerprint density at radius 2 is 1.67 bits per heavy atom. The molecule has 0 radical (unpaired) electrons. The van der Waals surface area contributed by atoms with Crippen molar-refractivity contribution < 1.29 is 44.7 Å². The minimum Gasteiger partial charge on any atom is -0.416 e. The average Bonchev–Trinajstić information content (AvgIpc) is 3.60. The normalized spacial score (nSPS) is 15.4. The van der Waals surface area contributed by atoms with Crippen LogP contribution in [0, 0.1) is 5.82 Å². The van der Waals surface area contributed by atoms with Gasteiger partial charge in [-0.15, -0.1) is 10.2 Å². The maximum absolute atomic E-state index is 13.7. The number of hydrogen-bond donors (Lipinski definition) is 1. The number of aromatic nitrogens is 4. The molecule has 16 heteroatoms. The molecule has 1 fully saturated rings. The predicted molar refractivity (Wildman–Crippen MR) is 133 cm³/mol. The van der Waals surface area contributed by atoms with Crippen LogP contribution in [-0.2, 0) is 34.9 Å². The fraction of sp³-hybridized carbons (Fsp3) is 0.259. The smallest absolute Gasteiger partial charge is 0.416 e. The lowest BCUT2D eigenvalue weighted by molar-refractivity contribution is -0.143. The van der Waals surface area contributed by atoms with Crippen LogP contribution in [0.15, 0.2) is 59.3 Å². The van der Waals surface area contributed by atoms with Gasteiger partial charge in [-0.2, -0.15) is 26.3 Å². The van der Waals surface area contributed by atoms with Gasteiger partial charge in [0.2, 0.25) is 23.5 Å². The summed E-state index contributed by atoms with van der Waals surface area (Å²) in [6.07, 6.45) is -7.89. The van der Waals surface area contributed by atoms with Crippen LogP contribution in [-0.4, -0.2) is 38.5 Å². The number of nitrogens with zero attached hydrogens (tertiary/aromatic N) is 5. The van der Waals surface area contributed by atoms with Crippen molar-refractivity contribution in [3.8, 4) is 11.7 Å². The van der Waals surface area contributed by atoms with Crippen molar-refractivity contribution in [2.45, 2.75) is 37.7 Å². The van der Waals surface area contributed by atoms with E-state index < -0.39 is 53.7 Å². The van der Waals surface area contributed by atoms with Gasteiger partial charge in [-0.1, -0.05) is 6.07 Å². The lowest BCUT2D eigenvalue weighted by Crippen LogP contribution is -2.32. The number of amides is 2. The van der Waals surface area contributed by atoms with Crippen LogP contribution >= 0.6 is 0 Å². The number of alkyl halides is 6. The van der Waals surface area contributed by atoms with Crippen molar-refractivity contribution in [3.63, 3.8) is 0 Å². The zero-order valence-electron chi connectivity index (χ0n) is 21.7. The highest BCUT2D eigenvalue weighted by Gasteiger charge is 2.38. The van der Waals surface area contributed by atoms with Crippen LogP contribution < -0.4 is 10.2 Å². The van der Waals surface area contributed by atoms with Gasteiger partial charge in [0, 0.05) is 37.0 Å². The number of rotatable bonds is 7. The van der Waals surface area contributed by atoms with Crippen molar-refractivity contribution in [2.24, 2.45) is 0 Å². The summed E-state index contributed by atoms with van der Waals surface area (Å²) in [5, 5.41) is 10.4. The SMILES string of the molecule is O=C1CC(c2cnc(-c3nnc(CN(C(=O)Cc4ccc(C(F)(F)F)cc4C(F)(F)F)c4ccc(F)cc4)o3)nc2)CN1. The maximum atomic E-state index is 13.7. The molecule has 5 rings (SSSR count). The van der Waals surface area contributed by atoms with E-state index in [1.165, 1.54) is 24.5 Å². The third kappa shape index (κ3) is 6.79. The van der Waals surface area contributed by atoms with E-state index in [-0.39, 0.29) is 47.6 Å². The molecule has 4 aromatic rings. The molecule has 0 saturated carbocycles. The summed E-state index contributed by atoms with van der Waals surface area (Å²) in [6, 6.07) is 5.39. The number of anilines is 1. The van der Waals surface area contributed by atoms with Crippen molar-refractivity contribution in [1.29, 1.82) is 0 Å². The van der Waals surface area contributed by atoms with Gasteiger partial charge in [0.05, 0.1) is 17.5 Å². The summed E-state index contributed by atoms with van der Waals surface area (Å²) in [6.45, 7) is -0.0379. The molecule has 2 amide bonds. The van der Waals surface area contributed by atoms with Crippen molar-refractivity contribution in [2.75, 3.05) is 11.4 Å². The second kappa shape index (κ2) is 11.4. The molecule has 1 aliphatic rings. The molecule has 2 aromatic carbocycles. The fourth-order valence-electron chi connectivity index (χ4n) is 4.42. The predicted octanol–water partition coefficient (Wildman–Crippen LogP) is 5.08. The molecule has 1 atom stereocenters. The molecule has 1 N–H and O–H groups in total. The first-order valence-electron chi connectivity index (χ1n) is 12.5. The Morgan fingerprint density at radius 1 is 0.977 bits per heavy atom. The Hall–Kier alpha value is -4.89. The minimum atomic E-state index is -5.18. The molecule has 3 heterocycles. The molecule has 1 saturated heterocycles. The van der Waals surface area contributed by atoms with E-state index in [2.05, 4.69) is 25.5 Å². The summed E-state index contributed by atoms with van der Waals surface area (Å²) in [5.74, 6) is -2.13. The summed E-state index contributed by atoms with van der Waals surface area (Å²) in [5.41, 5.74) is -3.08. The first-order valence-corrected chi connectivity index (χ1v) is 12.5. The molecule has 43 heavy (non-hydrogen) atoms. The number of nitrogens with one attached hydrogen (secondary N) is 1. The van der Waals surface area contributed by atoms with E-state index in [1.54, 1.807) is 0 Å². The van der Waals surface area contributed by atoms with E-state index in [0.29, 0.717) is 24.2 Å². The van der Waals surface area contributed by atoms with Gasteiger partial charge in [-0.3, -0.25) is 9.59 Å². The molecule has 9 nitrogen and oxygen atoms in total. The van der Waals surface area contributed by atoms with Crippen molar-refractivity contribution >= 4 is 17.5 Å². The standard InChI is InChI=1S/C27H19F7N6O3/c28-18-3-5-19(6-4-18)40(23(42)8-14-1-2-17(26(29,30)31)9-20(14)27(32,33)34)13-22-38-39-25(43-22)24-36-11-16(12-37-24)15-7-21(41)35-10-15/h1-6,9,11-12,15H,7-8,10,13H2,(H,35,41). The third-order valence-corrected chi connectivity index (χ3v) is 6.60. The summed E-state index contributed by atoms with van der Waals surface area (Å²) in [4.78, 5) is 34.1. The number of hydrogen-bond acceptors (Lipinski definition) is 7. The second-order valence-electron chi connectivity index (χ2n) is 9.55. The largest absolute Gasteiger partial charge is 0.416 e. The van der Waals surface area contributed by atoms with E-state index in [4.69, 9.17) is 4.42 Å². The highest BCUT2D eigenvalue weighted by molar-refractivity contribution is 5.94. The van der Waals surface area contributed by atoms with Crippen LogP contribution in [0.4, 0.5) is 36.4 Å². The quantitative estimate of drug-likeness (QED) is 0.291. The van der Waals surface area contributed by atoms with E-state index in [9.17, 15) is 40.3 Å². The minimum absolute atomic E-state index is 0.0269. The summed E-state index contributed by atoms with van der Waals surface area (Å²) in [7, 11) is 0. The monoisotopic (exact) mass is 608 g/mol. The Labute approximate surface area is 237 Å². The van der Waals surface area contributed by atoms with E-state index in [0.717, 1.165) is 17.0 Å². The maximum Gasteiger partial charge on any atom is 0.416 e. The van der Waals surface area contributed by atoms with E-state index >= 15 is 0 Å². The highest BCUT2D eigenvalue weighted by Crippen LogP contribution is 2.38. The summed E-state index contributed by atoms with van der Waals surface area (Å²) >= 11 is 0. The third-order valence-electron chi connectivity index (χ3n) is 6.60. The van der Waals surface area contributed by atoms with Gasteiger partial charge in [0.1, 0.15) is 12.4 Å². The number of carbonyl (C=O) groups is 2. The van der Waals surface area contributed by atoms with Crippen molar-refractivity contribution in [1.82, 2.24) is 25.5 Å². The molecule has 1 unspecified atom stereocenters. The first-order chi connectivity index (χ1) is 20.3. The van der Waals surface area contributed by atoms with Gasteiger partial charge in [-0.25, -0.2) is 14.4 Å². The molecule has 0 spiro atoms. The molecule has 224 valence electrons. The topological polar surface area (TPSA) is 114 Å². The Morgan fingerprint density at radius 3 is 2.28 bits per heavy atom. The van der Waals surface area contributed by atoms with Crippen LogP contribution in [0.1, 0.15) is 40.5 Å².